The number of carbonyl (C=O) groups excluding carboxylic acids is 1. The molecule has 244 valence electrons. The van der Waals surface area contributed by atoms with Gasteiger partial charge in [-0.1, -0.05) is 38.0 Å². The summed E-state index contributed by atoms with van der Waals surface area (Å²) < 4.78 is 57.1. The van der Waals surface area contributed by atoms with Crippen molar-refractivity contribution in [2.24, 2.45) is 35.3 Å². The molecule has 0 radical (unpaired) electrons. The molecule has 0 aliphatic heterocycles. The average molecular weight is 623 g/mol. The van der Waals surface area contributed by atoms with Gasteiger partial charge in [0.2, 0.25) is 11.9 Å². The quantitative estimate of drug-likeness (QED) is 0.175. The fraction of sp³-hybridized carbons (Fsp3) is 0.656. The highest BCUT2D eigenvalue weighted by Gasteiger charge is 2.33. The molecule has 2 saturated carbocycles. The van der Waals surface area contributed by atoms with Crippen molar-refractivity contribution in [2.45, 2.75) is 90.6 Å². The molecule has 12 heteroatoms. The van der Waals surface area contributed by atoms with Gasteiger partial charge in [0.1, 0.15) is 5.75 Å². The minimum absolute atomic E-state index is 0.0197. The van der Waals surface area contributed by atoms with Gasteiger partial charge in [0.25, 0.3) is 0 Å². The number of para-hydroxylation sites is 1. The lowest BCUT2D eigenvalue weighted by atomic mass is 9.71. The van der Waals surface area contributed by atoms with E-state index in [0.717, 1.165) is 64.1 Å². The lowest BCUT2D eigenvalue weighted by molar-refractivity contribution is -0.274. The van der Waals surface area contributed by atoms with Crippen molar-refractivity contribution >= 4 is 17.7 Å². The summed E-state index contributed by atoms with van der Waals surface area (Å²) >= 11 is 0. The number of nitrogens with two attached hydrogens (primary N) is 1. The minimum Gasteiger partial charge on any atom is -0.405 e. The molecule has 2 fully saturated rings. The summed E-state index contributed by atoms with van der Waals surface area (Å²) in [5.74, 6) is 1.11. The van der Waals surface area contributed by atoms with Crippen LogP contribution in [0.4, 0.5) is 29.3 Å². The van der Waals surface area contributed by atoms with Crippen LogP contribution >= 0.6 is 0 Å². The van der Waals surface area contributed by atoms with Crippen molar-refractivity contribution in [3.63, 3.8) is 0 Å². The minimum atomic E-state index is -4.81. The summed E-state index contributed by atoms with van der Waals surface area (Å²) in [6.07, 6.45) is 5.58. The Hall–Kier alpha value is -3.15. The number of benzene rings is 1. The van der Waals surface area contributed by atoms with Crippen molar-refractivity contribution in [3.05, 3.63) is 41.8 Å². The maximum Gasteiger partial charge on any atom is 0.573 e. The third-order valence-electron chi connectivity index (χ3n) is 9.26. The number of nitrogens with one attached hydrogen (secondary N) is 3. The van der Waals surface area contributed by atoms with Crippen molar-refractivity contribution in [1.82, 2.24) is 15.3 Å². The molecule has 4 rings (SSSR count). The van der Waals surface area contributed by atoms with E-state index in [-0.39, 0.29) is 41.4 Å². The molecule has 44 heavy (non-hydrogen) atoms. The number of amides is 1. The molecule has 1 aromatic heterocycles. The third kappa shape index (κ3) is 10.2. The molecule has 1 unspecified atom stereocenters. The van der Waals surface area contributed by atoms with Crippen LogP contribution in [0.15, 0.2) is 30.5 Å². The van der Waals surface area contributed by atoms with E-state index in [1.54, 1.807) is 6.07 Å². The predicted molar refractivity (Wildman–Crippen MR) is 162 cm³/mol. The molecular formula is C32H46F4N6O2. The third-order valence-corrected chi connectivity index (χ3v) is 9.26. The standard InChI is InChI=1S/C32H46F4N6O2/c1-3-6-22-13-23(15-26(14-22)20(2)38-16-21-9-11-24(12-10-21)29(37)43)17-39-30-27(33)19-41-31(42-30)40-18-25-7-4-5-8-28(25)44-32(34,35)36/h4-5,7-8,19-24,26,38H,3,6,9-18H2,1-2H3,(H2,37,43)(H2,39,40,41,42)/t20-,21-,22?,23+,24-,26+/m0/s1. The molecule has 1 amide bonds. The van der Waals surface area contributed by atoms with Crippen LogP contribution in [0.1, 0.15) is 77.2 Å². The summed E-state index contributed by atoms with van der Waals surface area (Å²) in [7, 11) is 0. The number of nitrogens with zero attached hydrogens (tertiary/aromatic N) is 2. The molecule has 0 saturated heterocycles. The van der Waals surface area contributed by atoms with Gasteiger partial charge in [0.05, 0.1) is 6.20 Å². The van der Waals surface area contributed by atoms with E-state index in [4.69, 9.17) is 5.73 Å². The zero-order chi connectivity index (χ0) is 31.7. The van der Waals surface area contributed by atoms with E-state index < -0.39 is 12.2 Å². The van der Waals surface area contributed by atoms with Gasteiger partial charge in [-0.3, -0.25) is 4.79 Å². The molecule has 1 heterocycles. The Kier molecular flexibility index (Phi) is 12.1. The number of rotatable bonds is 14. The van der Waals surface area contributed by atoms with Crippen LogP contribution in [-0.4, -0.2) is 41.4 Å². The second kappa shape index (κ2) is 15.7. The Morgan fingerprint density at radius 3 is 2.48 bits per heavy atom. The van der Waals surface area contributed by atoms with Crippen molar-refractivity contribution in [2.75, 3.05) is 23.7 Å². The van der Waals surface area contributed by atoms with Crippen LogP contribution in [0.5, 0.6) is 5.75 Å². The number of alkyl halides is 3. The van der Waals surface area contributed by atoms with E-state index in [0.29, 0.717) is 36.3 Å². The summed E-state index contributed by atoms with van der Waals surface area (Å²) in [4.78, 5) is 19.7. The molecule has 2 aliphatic rings. The van der Waals surface area contributed by atoms with Crippen LogP contribution in [-0.2, 0) is 11.3 Å². The molecule has 2 aromatic rings. The maximum atomic E-state index is 14.7. The Balaban J connectivity index is 1.31. The zero-order valence-electron chi connectivity index (χ0n) is 25.6. The molecule has 5 N–H and O–H groups in total. The Labute approximate surface area is 257 Å². The first-order chi connectivity index (χ1) is 21.0. The van der Waals surface area contributed by atoms with Crippen LogP contribution in [0.25, 0.3) is 0 Å². The number of carbonyl (C=O) groups is 1. The van der Waals surface area contributed by atoms with E-state index >= 15 is 0 Å². The number of aromatic nitrogens is 2. The molecule has 2 aliphatic carbocycles. The van der Waals surface area contributed by atoms with Gasteiger partial charge in [-0.15, -0.1) is 13.2 Å². The fourth-order valence-corrected chi connectivity index (χ4v) is 6.87. The Morgan fingerprint density at radius 2 is 1.77 bits per heavy atom. The van der Waals surface area contributed by atoms with Crippen molar-refractivity contribution in [3.8, 4) is 5.75 Å². The van der Waals surface area contributed by atoms with E-state index in [1.165, 1.54) is 24.6 Å². The smallest absolute Gasteiger partial charge is 0.405 e. The van der Waals surface area contributed by atoms with Crippen LogP contribution in [0, 0.1) is 35.4 Å². The maximum absolute atomic E-state index is 14.7. The summed E-state index contributed by atoms with van der Waals surface area (Å²) in [5.41, 5.74) is 5.76. The second-order valence-electron chi connectivity index (χ2n) is 12.6. The van der Waals surface area contributed by atoms with Crippen molar-refractivity contribution in [1.29, 1.82) is 0 Å². The predicted octanol–water partition coefficient (Wildman–Crippen LogP) is 6.64. The number of anilines is 2. The molecule has 1 aromatic carbocycles. The summed E-state index contributed by atoms with van der Waals surface area (Å²) in [6.45, 7) is 5.95. The van der Waals surface area contributed by atoms with E-state index in [2.05, 4.69) is 44.5 Å². The molecular weight excluding hydrogens is 576 g/mol. The van der Waals surface area contributed by atoms with Gasteiger partial charge in [0.15, 0.2) is 11.6 Å². The highest BCUT2D eigenvalue weighted by molar-refractivity contribution is 5.76. The SMILES string of the molecule is CCCC1C[C@@H](CNc2nc(NCc3ccccc3OC(F)(F)F)ncc2F)C[C@H]([C@H](C)NC[C@H]2CC[C@H](C(N)=O)CC2)C1. The lowest BCUT2D eigenvalue weighted by Gasteiger charge is -2.39. The lowest BCUT2D eigenvalue weighted by Crippen LogP contribution is -2.42. The number of primary amides is 1. The number of hydrogen-bond acceptors (Lipinski definition) is 7. The molecule has 0 bridgehead atoms. The topological polar surface area (TPSA) is 114 Å². The van der Waals surface area contributed by atoms with Gasteiger partial charge in [0, 0.05) is 30.6 Å². The fourth-order valence-electron chi connectivity index (χ4n) is 6.87. The van der Waals surface area contributed by atoms with Crippen LogP contribution in [0.3, 0.4) is 0 Å². The normalized spacial score (nSPS) is 24.8. The molecule has 8 nitrogen and oxygen atoms in total. The monoisotopic (exact) mass is 622 g/mol. The van der Waals surface area contributed by atoms with Gasteiger partial charge < -0.3 is 26.4 Å². The Morgan fingerprint density at radius 1 is 1.05 bits per heavy atom. The average Bonchev–Trinajstić information content (AvgIpc) is 2.99. The van der Waals surface area contributed by atoms with E-state index in [1.807, 2.05) is 0 Å². The van der Waals surface area contributed by atoms with Crippen LogP contribution < -0.4 is 26.4 Å². The molecule has 4 atom stereocenters. The first kappa shape index (κ1) is 33.7. The van der Waals surface area contributed by atoms with Gasteiger partial charge in [-0.25, -0.2) is 9.37 Å². The Bertz CT molecular complexity index is 1210. The first-order valence-corrected chi connectivity index (χ1v) is 15.9. The highest BCUT2D eigenvalue weighted by Crippen LogP contribution is 2.38. The van der Waals surface area contributed by atoms with Crippen molar-refractivity contribution < 1.29 is 27.1 Å². The van der Waals surface area contributed by atoms with E-state index in [9.17, 15) is 22.4 Å². The highest BCUT2D eigenvalue weighted by atomic mass is 19.4. The summed E-state index contributed by atoms with van der Waals surface area (Å²) in [5, 5.41) is 9.85. The van der Waals surface area contributed by atoms with Gasteiger partial charge >= 0.3 is 6.36 Å². The largest absolute Gasteiger partial charge is 0.573 e. The van der Waals surface area contributed by atoms with Gasteiger partial charge in [-0.05, 0) is 88.2 Å². The number of hydrogen-bond donors (Lipinski definition) is 4. The summed E-state index contributed by atoms with van der Waals surface area (Å²) in [6, 6.07) is 6.15. The molecule has 0 spiro atoms. The van der Waals surface area contributed by atoms with Crippen LogP contribution in [0.2, 0.25) is 0 Å². The number of halogens is 4. The zero-order valence-corrected chi connectivity index (χ0v) is 25.6. The second-order valence-corrected chi connectivity index (χ2v) is 12.6. The number of ether oxygens (including phenoxy) is 1. The first-order valence-electron chi connectivity index (χ1n) is 15.9. The van der Waals surface area contributed by atoms with Gasteiger partial charge in [-0.2, -0.15) is 4.98 Å².